The molecule has 1 saturated heterocycles. The van der Waals surface area contributed by atoms with Gasteiger partial charge in [-0.05, 0) is 6.92 Å². The maximum absolute atomic E-state index is 10.9. The second-order valence-corrected chi connectivity index (χ2v) is 2.72. The Balaban J connectivity index is 2.24. The molecule has 13 heavy (non-hydrogen) atoms. The molecule has 1 aliphatic rings. The van der Waals surface area contributed by atoms with Gasteiger partial charge in [0.25, 0.3) is 0 Å². The standard InChI is InChI=1S/C9H15NO3/c1-2-13-9(11)3-4-10-5-7-12-8-6-10/h3-4H,2,5-8H2,1H3. The molecule has 4 nitrogen and oxygen atoms in total. The van der Waals surface area contributed by atoms with E-state index >= 15 is 0 Å². The van der Waals surface area contributed by atoms with Crippen molar-refractivity contribution in [1.82, 2.24) is 4.90 Å². The van der Waals surface area contributed by atoms with E-state index in [0.29, 0.717) is 6.61 Å². The molecule has 1 heterocycles. The van der Waals surface area contributed by atoms with Crippen LogP contribution in [0.3, 0.4) is 0 Å². The van der Waals surface area contributed by atoms with Crippen molar-refractivity contribution in [3.8, 4) is 0 Å². The first-order valence-electron chi connectivity index (χ1n) is 4.49. The predicted molar refractivity (Wildman–Crippen MR) is 48.2 cm³/mol. The summed E-state index contributed by atoms with van der Waals surface area (Å²) in [5.74, 6) is -0.283. The van der Waals surface area contributed by atoms with Crippen LogP contribution in [0, 0.1) is 0 Å². The largest absolute Gasteiger partial charge is 0.463 e. The van der Waals surface area contributed by atoms with Gasteiger partial charge in [0.05, 0.1) is 19.8 Å². The number of carbonyl (C=O) groups excluding carboxylic acids is 1. The van der Waals surface area contributed by atoms with E-state index in [4.69, 9.17) is 9.47 Å². The van der Waals surface area contributed by atoms with Crippen LogP contribution in [0.4, 0.5) is 0 Å². The van der Waals surface area contributed by atoms with E-state index in [1.165, 1.54) is 6.08 Å². The van der Waals surface area contributed by atoms with E-state index < -0.39 is 0 Å². The van der Waals surface area contributed by atoms with Crippen molar-refractivity contribution in [1.29, 1.82) is 0 Å². The second kappa shape index (κ2) is 5.59. The minimum Gasteiger partial charge on any atom is -0.463 e. The van der Waals surface area contributed by atoms with Crippen LogP contribution in [0.5, 0.6) is 0 Å². The van der Waals surface area contributed by atoms with E-state index in [1.807, 2.05) is 4.90 Å². The highest BCUT2D eigenvalue weighted by Gasteiger charge is 2.05. The van der Waals surface area contributed by atoms with Gasteiger partial charge in [-0.25, -0.2) is 4.79 Å². The smallest absolute Gasteiger partial charge is 0.332 e. The Hall–Kier alpha value is -1.03. The molecule has 1 rings (SSSR count). The third-order valence-corrected chi connectivity index (χ3v) is 1.75. The molecule has 0 aromatic rings. The van der Waals surface area contributed by atoms with Crippen LogP contribution in [-0.4, -0.2) is 43.8 Å². The van der Waals surface area contributed by atoms with Gasteiger partial charge in [0.15, 0.2) is 0 Å². The van der Waals surface area contributed by atoms with Crippen LogP contribution in [0.2, 0.25) is 0 Å². The van der Waals surface area contributed by atoms with Gasteiger partial charge in [-0.15, -0.1) is 0 Å². The Morgan fingerprint density at radius 3 is 2.85 bits per heavy atom. The quantitative estimate of drug-likeness (QED) is 0.471. The molecule has 1 aliphatic heterocycles. The third-order valence-electron chi connectivity index (χ3n) is 1.75. The number of hydrogen-bond acceptors (Lipinski definition) is 4. The fraction of sp³-hybridized carbons (Fsp3) is 0.667. The van der Waals surface area contributed by atoms with Gasteiger partial charge in [-0.2, -0.15) is 0 Å². The van der Waals surface area contributed by atoms with Gasteiger partial charge in [-0.3, -0.25) is 0 Å². The Kier molecular flexibility index (Phi) is 4.32. The first kappa shape index (κ1) is 10.1. The molecule has 0 aliphatic carbocycles. The SMILES string of the molecule is CCOC(=O)C=CN1CCOCC1. The first-order valence-corrected chi connectivity index (χ1v) is 4.49. The van der Waals surface area contributed by atoms with Gasteiger partial charge in [0.1, 0.15) is 0 Å². The highest BCUT2D eigenvalue weighted by molar-refractivity contribution is 5.81. The number of ether oxygens (including phenoxy) is 2. The summed E-state index contributed by atoms with van der Waals surface area (Å²) in [6.45, 7) is 5.36. The van der Waals surface area contributed by atoms with Crippen molar-refractivity contribution < 1.29 is 14.3 Å². The van der Waals surface area contributed by atoms with Gasteiger partial charge >= 0.3 is 5.97 Å². The molecule has 1 fully saturated rings. The summed E-state index contributed by atoms with van der Waals surface area (Å²) in [5, 5.41) is 0. The zero-order chi connectivity index (χ0) is 9.52. The molecule has 74 valence electrons. The van der Waals surface area contributed by atoms with E-state index in [1.54, 1.807) is 13.1 Å². The minimum absolute atomic E-state index is 0.283. The lowest BCUT2D eigenvalue weighted by atomic mass is 10.4. The molecule has 0 N–H and O–H groups in total. The molecule has 0 bridgehead atoms. The number of morpholine rings is 1. The fourth-order valence-electron chi connectivity index (χ4n) is 1.08. The van der Waals surface area contributed by atoms with Crippen LogP contribution < -0.4 is 0 Å². The summed E-state index contributed by atoms with van der Waals surface area (Å²) in [6.07, 6.45) is 3.22. The maximum atomic E-state index is 10.9. The highest BCUT2D eigenvalue weighted by atomic mass is 16.5. The van der Waals surface area contributed by atoms with E-state index in [2.05, 4.69) is 0 Å². The van der Waals surface area contributed by atoms with Crippen LogP contribution >= 0.6 is 0 Å². The zero-order valence-electron chi connectivity index (χ0n) is 7.86. The van der Waals surface area contributed by atoms with Crippen LogP contribution in [0.15, 0.2) is 12.3 Å². The molecule has 0 spiro atoms. The van der Waals surface area contributed by atoms with E-state index in [9.17, 15) is 4.79 Å². The lowest BCUT2D eigenvalue weighted by molar-refractivity contribution is -0.137. The Labute approximate surface area is 78.1 Å². The number of rotatable bonds is 3. The summed E-state index contributed by atoms with van der Waals surface area (Å²) < 4.78 is 9.91. The molecule has 0 saturated carbocycles. The number of carbonyl (C=O) groups is 1. The van der Waals surface area contributed by atoms with E-state index in [0.717, 1.165) is 26.3 Å². The van der Waals surface area contributed by atoms with Crippen molar-refractivity contribution in [2.75, 3.05) is 32.9 Å². The normalized spacial score (nSPS) is 17.8. The van der Waals surface area contributed by atoms with Crippen molar-refractivity contribution in [2.45, 2.75) is 6.92 Å². The Morgan fingerprint density at radius 2 is 2.23 bits per heavy atom. The Morgan fingerprint density at radius 1 is 1.54 bits per heavy atom. The summed E-state index contributed by atoms with van der Waals surface area (Å²) in [6, 6.07) is 0. The predicted octanol–water partition coefficient (Wildman–Crippen LogP) is 0.395. The van der Waals surface area contributed by atoms with Crippen molar-refractivity contribution in [3.63, 3.8) is 0 Å². The van der Waals surface area contributed by atoms with E-state index in [-0.39, 0.29) is 5.97 Å². The number of hydrogen-bond donors (Lipinski definition) is 0. The number of esters is 1. The maximum Gasteiger partial charge on any atom is 0.332 e. The third kappa shape index (κ3) is 3.94. The molecule has 0 atom stereocenters. The van der Waals surface area contributed by atoms with Gasteiger partial charge in [-0.1, -0.05) is 0 Å². The lowest BCUT2D eigenvalue weighted by Crippen LogP contribution is -2.32. The topological polar surface area (TPSA) is 38.8 Å². The van der Waals surface area contributed by atoms with Crippen molar-refractivity contribution >= 4 is 5.97 Å². The summed E-state index contributed by atoms with van der Waals surface area (Å²) >= 11 is 0. The number of nitrogens with zero attached hydrogens (tertiary/aromatic N) is 1. The average Bonchev–Trinajstić information content (AvgIpc) is 2.17. The van der Waals surface area contributed by atoms with Crippen LogP contribution in [-0.2, 0) is 14.3 Å². The molecular formula is C9H15NO3. The molecule has 4 heteroatoms. The molecule has 0 aromatic carbocycles. The fourth-order valence-corrected chi connectivity index (χ4v) is 1.08. The average molecular weight is 185 g/mol. The molecular weight excluding hydrogens is 170 g/mol. The summed E-state index contributed by atoms with van der Waals surface area (Å²) in [7, 11) is 0. The minimum atomic E-state index is -0.283. The van der Waals surface area contributed by atoms with Gasteiger partial charge in [0.2, 0.25) is 0 Å². The summed E-state index contributed by atoms with van der Waals surface area (Å²) in [5.41, 5.74) is 0. The summed E-state index contributed by atoms with van der Waals surface area (Å²) in [4.78, 5) is 13.0. The highest BCUT2D eigenvalue weighted by Crippen LogP contribution is 1.97. The second-order valence-electron chi connectivity index (χ2n) is 2.72. The zero-order valence-corrected chi connectivity index (χ0v) is 7.86. The molecule has 0 aromatic heterocycles. The molecule has 0 amide bonds. The monoisotopic (exact) mass is 185 g/mol. The van der Waals surface area contributed by atoms with Crippen molar-refractivity contribution in [3.05, 3.63) is 12.3 Å². The first-order chi connectivity index (χ1) is 6.33. The Bertz CT molecular complexity index is 185. The molecule has 0 unspecified atom stereocenters. The van der Waals surface area contributed by atoms with Gasteiger partial charge < -0.3 is 14.4 Å². The van der Waals surface area contributed by atoms with Gasteiger partial charge in [0, 0.05) is 25.4 Å². The van der Waals surface area contributed by atoms with Crippen LogP contribution in [0.25, 0.3) is 0 Å². The molecule has 0 radical (unpaired) electrons. The van der Waals surface area contributed by atoms with Crippen LogP contribution in [0.1, 0.15) is 6.92 Å². The lowest BCUT2D eigenvalue weighted by Gasteiger charge is -2.24. The van der Waals surface area contributed by atoms with Crippen molar-refractivity contribution in [2.24, 2.45) is 0 Å².